The van der Waals surface area contributed by atoms with Crippen LogP contribution >= 0.6 is 0 Å². The van der Waals surface area contributed by atoms with E-state index in [1.807, 2.05) is 0 Å². The predicted molar refractivity (Wildman–Crippen MR) is 111 cm³/mol. The van der Waals surface area contributed by atoms with E-state index in [0.29, 0.717) is 22.4 Å². The maximum absolute atomic E-state index is 12.4. The molecule has 1 amide bonds. The van der Waals surface area contributed by atoms with E-state index in [1.54, 1.807) is 32.9 Å². The Morgan fingerprint density at radius 2 is 1.77 bits per heavy atom. The Balaban J connectivity index is 2.10. The topological polar surface area (TPSA) is 126 Å². The van der Waals surface area contributed by atoms with Crippen molar-refractivity contribution in [2.24, 2.45) is 0 Å². The average Bonchev–Trinajstić information content (AvgIpc) is 2.95. The van der Waals surface area contributed by atoms with Crippen LogP contribution in [0.1, 0.15) is 44.6 Å². The summed E-state index contributed by atoms with van der Waals surface area (Å²) in [5, 5.41) is 2.51. The molecule has 0 saturated carbocycles. The van der Waals surface area contributed by atoms with Crippen molar-refractivity contribution in [2.75, 3.05) is 26.0 Å². The van der Waals surface area contributed by atoms with Gasteiger partial charge in [0.25, 0.3) is 5.91 Å². The molecular formula is C20H25N3O6S. The van der Waals surface area contributed by atoms with Crippen molar-refractivity contribution in [3.63, 3.8) is 0 Å². The van der Waals surface area contributed by atoms with Crippen LogP contribution in [0.5, 0.6) is 0 Å². The Bertz CT molecular complexity index is 1120. The highest BCUT2D eigenvalue weighted by molar-refractivity contribution is 7.89. The lowest BCUT2D eigenvalue weighted by Gasteiger charge is -2.15. The van der Waals surface area contributed by atoms with E-state index >= 15 is 0 Å². The third-order valence-corrected chi connectivity index (χ3v) is 6.52. The molecule has 1 aromatic carbocycles. The van der Waals surface area contributed by atoms with Crippen LogP contribution in [0.3, 0.4) is 0 Å². The number of hydrogen-bond acceptors (Lipinski definition) is 6. The third-order valence-electron chi connectivity index (χ3n) is 4.56. The zero-order chi connectivity index (χ0) is 22.8. The van der Waals surface area contributed by atoms with Crippen LogP contribution in [0.4, 0.5) is 5.69 Å². The molecule has 162 valence electrons. The van der Waals surface area contributed by atoms with Gasteiger partial charge in [-0.05, 0) is 51.0 Å². The quantitative estimate of drug-likeness (QED) is 0.507. The fourth-order valence-electron chi connectivity index (χ4n) is 3.04. The number of Topliss-reactive ketones (excluding diaryl/α,β-unsaturated/α-hetero) is 1. The number of nitrogens with zero attached hydrogens (tertiary/aromatic N) is 1. The molecule has 0 aliphatic heterocycles. The maximum atomic E-state index is 12.4. The fraction of sp³-hybridized carbons (Fsp3) is 0.350. The summed E-state index contributed by atoms with van der Waals surface area (Å²) in [6, 6.07) is 4.48. The first-order valence-electron chi connectivity index (χ1n) is 9.06. The van der Waals surface area contributed by atoms with Gasteiger partial charge in [-0.15, -0.1) is 0 Å². The molecule has 0 radical (unpaired) electrons. The predicted octanol–water partition coefficient (Wildman–Crippen LogP) is 2.19. The highest BCUT2D eigenvalue weighted by atomic mass is 32.2. The molecule has 10 heteroatoms. The number of amides is 1. The van der Waals surface area contributed by atoms with Crippen molar-refractivity contribution in [3.8, 4) is 0 Å². The van der Waals surface area contributed by atoms with Gasteiger partial charge in [0, 0.05) is 31.0 Å². The van der Waals surface area contributed by atoms with Gasteiger partial charge in [-0.2, -0.15) is 0 Å². The lowest BCUT2D eigenvalue weighted by atomic mass is 10.1. The van der Waals surface area contributed by atoms with Crippen molar-refractivity contribution in [1.82, 2.24) is 9.29 Å². The normalized spacial score (nSPS) is 11.4. The first-order chi connectivity index (χ1) is 13.9. The van der Waals surface area contributed by atoms with E-state index in [0.717, 1.165) is 4.31 Å². The lowest BCUT2D eigenvalue weighted by Crippen LogP contribution is -2.24. The summed E-state index contributed by atoms with van der Waals surface area (Å²) >= 11 is 0. The monoisotopic (exact) mass is 435 g/mol. The fourth-order valence-corrected chi connectivity index (χ4v) is 4.18. The number of sulfonamides is 1. The van der Waals surface area contributed by atoms with Crippen LogP contribution in [0.25, 0.3) is 0 Å². The van der Waals surface area contributed by atoms with Crippen molar-refractivity contribution < 1.29 is 27.5 Å². The Kier molecular flexibility index (Phi) is 6.84. The Morgan fingerprint density at radius 3 is 2.30 bits per heavy atom. The van der Waals surface area contributed by atoms with E-state index in [1.165, 1.54) is 27.1 Å². The molecule has 0 spiro atoms. The molecule has 9 nitrogen and oxygen atoms in total. The number of esters is 1. The first-order valence-corrected chi connectivity index (χ1v) is 10.5. The largest absolute Gasteiger partial charge is 0.451 e. The van der Waals surface area contributed by atoms with Crippen LogP contribution in [-0.2, 0) is 19.6 Å². The van der Waals surface area contributed by atoms with Crippen molar-refractivity contribution in [2.45, 2.75) is 32.6 Å². The van der Waals surface area contributed by atoms with Crippen LogP contribution in [0.2, 0.25) is 0 Å². The van der Waals surface area contributed by atoms with Crippen LogP contribution in [-0.4, -0.2) is 56.1 Å². The molecule has 0 saturated heterocycles. The van der Waals surface area contributed by atoms with Gasteiger partial charge in [0.05, 0.1) is 4.90 Å². The molecule has 2 rings (SSSR count). The Labute approximate surface area is 175 Å². The highest BCUT2D eigenvalue weighted by Crippen LogP contribution is 2.23. The number of aromatic nitrogens is 1. The molecule has 0 aliphatic carbocycles. The molecule has 1 aromatic heterocycles. The molecule has 0 atom stereocenters. The van der Waals surface area contributed by atoms with E-state index < -0.39 is 28.5 Å². The van der Waals surface area contributed by atoms with Gasteiger partial charge in [-0.3, -0.25) is 9.59 Å². The van der Waals surface area contributed by atoms with E-state index in [4.69, 9.17) is 4.74 Å². The minimum absolute atomic E-state index is 0.0662. The Hall–Kier alpha value is -2.98. The zero-order valence-electron chi connectivity index (χ0n) is 17.7. The summed E-state index contributed by atoms with van der Waals surface area (Å²) < 4.78 is 30.9. The highest BCUT2D eigenvalue weighted by Gasteiger charge is 2.22. The molecule has 2 N–H and O–H groups in total. The van der Waals surface area contributed by atoms with Gasteiger partial charge in [0.1, 0.15) is 5.69 Å². The molecule has 0 unspecified atom stereocenters. The number of aryl methyl sites for hydroxylation is 2. The maximum Gasteiger partial charge on any atom is 0.355 e. The Morgan fingerprint density at radius 1 is 1.13 bits per heavy atom. The van der Waals surface area contributed by atoms with Crippen molar-refractivity contribution in [3.05, 3.63) is 46.3 Å². The third kappa shape index (κ3) is 4.77. The minimum Gasteiger partial charge on any atom is -0.451 e. The second-order valence-corrected chi connectivity index (χ2v) is 9.19. The second kappa shape index (κ2) is 8.80. The van der Waals surface area contributed by atoms with Crippen molar-refractivity contribution >= 4 is 33.4 Å². The summed E-state index contributed by atoms with van der Waals surface area (Å²) in [6.07, 6.45) is 0. The summed E-state index contributed by atoms with van der Waals surface area (Å²) in [5.74, 6) is -1.58. The van der Waals surface area contributed by atoms with Gasteiger partial charge in [0.15, 0.2) is 12.4 Å². The molecule has 1 heterocycles. The molecule has 2 aromatic rings. The lowest BCUT2D eigenvalue weighted by molar-refractivity contribution is -0.119. The van der Waals surface area contributed by atoms with Crippen molar-refractivity contribution in [1.29, 1.82) is 0 Å². The number of aromatic amines is 1. The van der Waals surface area contributed by atoms with Gasteiger partial charge in [-0.1, -0.05) is 6.07 Å². The summed E-state index contributed by atoms with van der Waals surface area (Å²) in [7, 11) is -0.840. The van der Waals surface area contributed by atoms with Crippen LogP contribution in [0.15, 0.2) is 23.1 Å². The summed E-state index contributed by atoms with van der Waals surface area (Å²) in [4.78, 5) is 39.0. The standard InChI is InChI=1S/C20H25N3O6S/c1-11-7-8-15(9-16(11)30(27,28)23(5)6)22-17(25)10-29-20(26)19-12(2)18(14(4)24)13(3)21-19/h7-9,21H,10H2,1-6H3,(H,22,25). The van der Waals surface area contributed by atoms with E-state index in [2.05, 4.69) is 10.3 Å². The average molecular weight is 436 g/mol. The number of anilines is 1. The first kappa shape index (κ1) is 23.3. The van der Waals surface area contributed by atoms with Crippen LogP contribution < -0.4 is 5.32 Å². The van der Waals surface area contributed by atoms with Gasteiger partial charge < -0.3 is 15.0 Å². The van der Waals surface area contributed by atoms with Gasteiger partial charge in [0.2, 0.25) is 10.0 Å². The molecule has 0 fully saturated rings. The SMILES string of the molecule is CC(=O)c1c(C)[nH]c(C(=O)OCC(=O)Nc2ccc(C)c(S(=O)(=O)N(C)C)c2)c1C. The summed E-state index contributed by atoms with van der Waals surface area (Å²) in [6.45, 7) is 5.77. The molecular weight excluding hydrogens is 410 g/mol. The number of ether oxygens (including phenoxy) is 1. The number of H-pyrrole nitrogens is 1. The smallest absolute Gasteiger partial charge is 0.355 e. The number of benzene rings is 1. The number of nitrogens with one attached hydrogen (secondary N) is 2. The van der Waals surface area contributed by atoms with Crippen LogP contribution in [0, 0.1) is 20.8 Å². The summed E-state index contributed by atoms with van der Waals surface area (Å²) in [5.41, 5.74) is 2.33. The zero-order valence-corrected chi connectivity index (χ0v) is 18.6. The van der Waals surface area contributed by atoms with E-state index in [-0.39, 0.29) is 22.1 Å². The molecule has 0 bridgehead atoms. The number of rotatable bonds is 7. The molecule has 0 aliphatic rings. The van der Waals surface area contributed by atoms with Gasteiger partial charge >= 0.3 is 5.97 Å². The van der Waals surface area contributed by atoms with E-state index in [9.17, 15) is 22.8 Å². The number of hydrogen-bond donors (Lipinski definition) is 2. The van der Waals surface area contributed by atoms with Gasteiger partial charge in [-0.25, -0.2) is 17.5 Å². The number of ketones is 1. The molecule has 30 heavy (non-hydrogen) atoms. The second-order valence-electron chi connectivity index (χ2n) is 7.07. The minimum atomic E-state index is -3.68. The number of carbonyl (C=O) groups is 3. The number of carbonyl (C=O) groups excluding carboxylic acids is 3.